The maximum Gasteiger partial charge on any atom is 0.304 e. The van der Waals surface area contributed by atoms with Crippen molar-refractivity contribution in [3.05, 3.63) is 99.1 Å². The molecule has 5 N–H and O–H groups in total. The fraction of sp³-hybridized carbons (Fsp3) is 0.476. The molecule has 0 saturated heterocycles. The zero-order valence-electron chi connectivity index (χ0n) is 35.6. The van der Waals surface area contributed by atoms with Crippen LogP contribution in [-0.2, 0) is 56.1 Å². The van der Waals surface area contributed by atoms with Gasteiger partial charge in [0.1, 0.15) is 0 Å². The van der Waals surface area contributed by atoms with Gasteiger partial charge in [0.05, 0.1) is 27.7 Å². The smallest absolute Gasteiger partial charge is 0.304 e. The Morgan fingerprint density at radius 3 is 2.10 bits per heavy atom. The summed E-state index contributed by atoms with van der Waals surface area (Å²) < 4.78 is 134. The molecular weight excluding hydrogens is 917 g/mol. The third kappa shape index (κ3) is 12.4. The van der Waals surface area contributed by atoms with Gasteiger partial charge in [0, 0.05) is 51.7 Å². The number of hydrogen-bond acceptors (Lipinski definition) is 12. The number of rotatable bonds is 19. The molecule has 1 saturated carbocycles. The molecule has 0 radical (unpaired) electrons. The fourth-order valence-corrected chi connectivity index (χ4v) is 12.0. The minimum Gasteiger partial charge on any atom is -0.481 e. The van der Waals surface area contributed by atoms with Crippen LogP contribution in [0.2, 0.25) is 0 Å². The molecule has 1 heterocycles. The Morgan fingerprint density at radius 1 is 0.873 bits per heavy atom. The fourth-order valence-electron chi connectivity index (χ4n) is 8.69. The Kier molecular flexibility index (Phi) is 15.2. The van der Waals surface area contributed by atoms with Crippen molar-refractivity contribution >= 4 is 69.6 Å². The minimum atomic E-state index is -4.57. The summed E-state index contributed by atoms with van der Waals surface area (Å²) in [5, 5.41) is 9.62. The van der Waals surface area contributed by atoms with Crippen LogP contribution in [0.3, 0.4) is 0 Å². The van der Waals surface area contributed by atoms with Crippen molar-refractivity contribution in [1.29, 1.82) is 0 Å². The Balaban J connectivity index is 1.67. The van der Waals surface area contributed by atoms with Crippen molar-refractivity contribution in [2.24, 2.45) is 16.8 Å². The Labute approximate surface area is 374 Å². The quantitative estimate of drug-likeness (QED) is 0.0549. The molecule has 346 valence electrons. The van der Waals surface area contributed by atoms with Crippen molar-refractivity contribution in [2.45, 2.75) is 93.8 Å². The third-order valence-corrected chi connectivity index (χ3v) is 16.3. The first kappa shape index (κ1) is 50.3. The van der Waals surface area contributed by atoms with E-state index in [1.54, 1.807) is 25.1 Å². The molecule has 3 aliphatic rings. The topological polar surface area (TPSA) is 270 Å². The number of carboxylic acid groups (broad SMARTS) is 1. The summed E-state index contributed by atoms with van der Waals surface area (Å²) in [4.78, 5) is 18.6. The van der Waals surface area contributed by atoms with Gasteiger partial charge in [-0.15, -0.1) is 11.8 Å². The molecular formula is C42H54N2O14S5. The van der Waals surface area contributed by atoms with Gasteiger partial charge in [-0.1, -0.05) is 45.9 Å². The summed E-state index contributed by atoms with van der Waals surface area (Å²) in [6.07, 6.45) is 9.82. The van der Waals surface area contributed by atoms with Gasteiger partial charge in [-0.3, -0.25) is 28.0 Å². The van der Waals surface area contributed by atoms with Gasteiger partial charge in [0.2, 0.25) is 0 Å². The molecule has 63 heavy (non-hydrogen) atoms. The number of aliphatic imine (C=N–C) groups is 1. The molecule has 21 heteroatoms. The third-order valence-electron chi connectivity index (χ3n) is 11.8. The number of hydrogen-bond donors (Lipinski definition) is 5. The van der Waals surface area contributed by atoms with E-state index in [0.717, 1.165) is 35.3 Å². The molecule has 1 fully saturated rings. The summed E-state index contributed by atoms with van der Waals surface area (Å²) in [5.74, 6) is -1.65. The number of carbonyl (C=O) groups is 1. The van der Waals surface area contributed by atoms with Gasteiger partial charge in [-0.05, 0) is 121 Å². The molecule has 0 spiro atoms. The van der Waals surface area contributed by atoms with Crippen LogP contribution in [0.25, 0.3) is 0 Å². The maximum atomic E-state index is 12.2. The molecule has 0 aromatic heterocycles. The van der Waals surface area contributed by atoms with E-state index in [4.69, 9.17) is 4.99 Å². The van der Waals surface area contributed by atoms with E-state index >= 15 is 0 Å². The number of aliphatic carboxylic acids is 1. The molecule has 2 aromatic carbocycles. The Bertz CT molecular complexity index is 2750. The maximum absolute atomic E-state index is 12.2. The molecule has 2 aliphatic carbocycles. The van der Waals surface area contributed by atoms with Crippen LogP contribution in [-0.4, -0.2) is 99.0 Å². The molecule has 2 aromatic rings. The number of nitrogens with zero attached hydrogens (tertiary/aromatic N) is 2. The van der Waals surface area contributed by atoms with Crippen LogP contribution in [0.15, 0.2) is 97.2 Å². The molecule has 2 bridgehead atoms. The van der Waals surface area contributed by atoms with Gasteiger partial charge < -0.3 is 10.0 Å². The first-order valence-corrected chi connectivity index (χ1v) is 27.2. The van der Waals surface area contributed by atoms with Crippen molar-refractivity contribution in [2.75, 3.05) is 35.2 Å². The first-order chi connectivity index (χ1) is 29.0. The van der Waals surface area contributed by atoms with Crippen LogP contribution >= 0.6 is 11.8 Å². The lowest BCUT2D eigenvalue weighted by molar-refractivity contribution is -0.136. The molecule has 1 aliphatic heterocycles. The normalized spacial score (nSPS) is 21.0. The first-order valence-electron chi connectivity index (χ1n) is 20.1. The lowest BCUT2D eigenvalue weighted by Gasteiger charge is -2.30. The van der Waals surface area contributed by atoms with Crippen molar-refractivity contribution < 1.29 is 61.8 Å². The predicted octanol–water partition coefficient (Wildman–Crippen LogP) is 6.82. The summed E-state index contributed by atoms with van der Waals surface area (Å²) in [5.41, 5.74) is 3.48. The Hall–Kier alpha value is -3.67. The number of aryl methyl sites for hydroxylation is 1. The van der Waals surface area contributed by atoms with Gasteiger partial charge in [-0.2, -0.15) is 33.7 Å². The van der Waals surface area contributed by atoms with Gasteiger partial charge in [0.25, 0.3) is 40.5 Å². The number of anilines is 1. The summed E-state index contributed by atoms with van der Waals surface area (Å²) in [7, 11) is -17.7. The van der Waals surface area contributed by atoms with E-state index in [-0.39, 0.29) is 59.7 Å². The van der Waals surface area contributed by atoms with E-state index in [1.807, 2.05) is 50.8 Å². The van der Waals surface area contributed by atoms with Crippen LogP contribution in [0.1, 0.15) is 82.9 Å². The van der Waals surface area contributed by atoms with Crippen LogP contribution in [0.5, 0.6) is 0 Å². The number of allylic oxidation sites excluding steroid dienone is 7. The van der Waals surface area contributed by atoms with Gasteiger partial charge in [-0.25, -0.2) is 0 Å². The zero-order valence-corrected chi connectivity index (χ0v) is 39.6. The van der Waals surface area contributed by atoms with Crippen LogP contribution < -0.4 is 4.90 Å². The highest BCUT2D eigenvalue weighted by molar-refractivity contribution is 8.03. The monoisotopic (exact) mass is 970 g/mol. The molecule has 16 nitrogen and oxygen atoms in total. The highest BCUT2D eigenvalue weighted by Crippen LogP contribution is 2.53. The van der Waals surface area contributed by atoms with Gasteiger partial charge in [0.15, 0.2) is 0 Å². The number of fused-ring (bicyclic) bond motifs is 3. The van der Waals surface area contributed by atoms with E-state index in [0.29, 0.717) is 33.8 Å². The molecule has 0 amide bonds. The highest BCUT2D eigenvalue weighted by atomic mass is 32.2. The average molecular weight is 971 g/mol. The predicted molar refractivity (Wildman–Crippen MR) is 243 cm³/mol. The van der Waals surface area contributed by atoms with E-state index in [2.05, 4.69) is 0 Å². The van der Waals surface area contributed by atoms with Crippen molar-refractivity contribution in [1.82, 2.24) is 0 Å². The Morgan fingerprint density at radius 2 is 1.48 bits per heavy atom. The second-order valence-electron chi connectivity index (χ2n) is 17.0. The second-order valence-corrected chi connectivity index (χ2v) is 24.1. The van der Waals surface area contributed by atoms with E-state index < -0.39 is 68.8 Å². The lowest BCUT2D eigenvalue weighted by atomic mass is 9.77. The van der Waals surface area contributed by atoms with Crippen LogP contribution in [0, 0.1) is 18.8 Å². The average Bonchev–Trinajstić information content (AvgIpc) is 3.66. The molecule has 2 atom stereocenters. The zero-order chi connectivity index (χ0) is 46.9. The summed E-state index contributed by atoms with van der Waals surface area (Å²) >= 11 is 1.39. The van der Waals surface area contributed by atoms with E-state index in [9.17, 15) is 61.8 Å². The number of thioether (sulfide) groups is 1. The lowest BCUT2D eigenvalue weighted by Crippen LogP contribution is -2.29. The summed E-state index contributed by atoms with van der Waals surface area (Å²) in [6, 6.07) is 8.42. The minimum absolute atomic E-state index is 0.00589. The largest absolute Gasteiger partial charge is 0.481 e. The number of carboxylic acids is 1. The summed E-state index contributed by atoms with van der Waals surface area (Å²) in [6.45, 7) is 9.29. The van der Waals surface area contributed by atoms with Crippen molar-refractivity contribution in [3.63, 3.8) is 0 Å². The van der Waals surface area contributed by atoms with Gasteiger partial charge >= 0.3 is 5.97 Å². The van der Waals surface area contributed by atoms with Crippen molar-refractivity contribution in [3.8, 4) is 0 Å². The number of benzene rings is 2. The second kappa shape index (κ2) is 19.0. The van der Waals surface area contributed by atoms with E-state index in [1.165, 1.54) is 36.0 Å². The SMILES string of the molecule is Cc1ccc(S(=O)(=O)O)cc1C(C)(C)C(/C=C/C1=C(SCCC(=O)O)C(=C/C=C2/N(CCCS(=O)(=O)O)c3ccc(S(=O)(=O)O)cc3C2(C)C)/C2CCC1C2)=N/CCCS(=O)(=O)O. The molecule has 2 unspecified atom stereocenters. The molecule has 5 rings (SSSR count). The highest BCUT2D eigenvalue weighted by Gasteiger charge is 2.42. The van der Waals surface area contributed by atoms with Crippen LogP contribution in [0.4, 0.5) is 5.69 Å². The standard InChI is InChI=1S/C42H54N2O14S5/c1-27-8-11-30(62(53,54)55)25-34(27)41(2,3)37(43-19-6-22-60(47,48)49)16-13-32-28-9-10-29(24-28)33(40(32)59-21-18-39(45)46)14-17-38-42(4,5)35-26-31(63(56,57)58)12-15-36(35)44(38)20-7-23-61(50,51)52/h8,11-17,25-26,28-29H,6-7,9-10,18-24H2,1-5H3,(H,45,46)(H,47,48,49)(H,50,51,52)(H,53,54,55)(H,56,57,58)/b16-13+,33-14+,38-17+,43-37+.